The molecule has 0 aromatic carbocycles. The van der Waals surface area contributed by atoms with Crippen LogP contribution in [-0.2, 0) is 18.9 Å². The summed E-state index contributed by atoms with van der Waals surface area (Å²) in [5.41, 5.74) is -0.958. The molecule has 1 N–H and O–H groups in total. The number of carbonyl (C=O) groups is 3. The Hall–Kier alpha value is -4.13. The molecule has 0 aliphatic rings. The van der Waals surface area contributed by atoms with Gasteiger partial charge in [0.25, 0.3) is 0 Å². The number of imidazole rings is 2. The zero-order valence-corrected chi connectivity index (χ0v) is 36.4. The van der Waals surface area contributed by atoms with Gasteiger partial charge in [0.05, 0.1) is 12.4 Å². The Morgan fingerprint density at radius 3 is 1.53 bits per heavy atom. The quantitative estimate of drug-likeness (QED) is 0.109. The lowest BCUT2D eigenvalue weighted by Crippen LogP contribution is -2.35. The van der Waals surface area contributed by atoms with Crippen molar-refractivity contribution in [2.75, 3.05) is 0 Å². The van der Waals surface area contributed by atoms with E-state index in [9.17, 15) is 24.0 Å². The molecule has 4 rings (SSSR count). The zero-order valence-electron chi connectivity index (χ0n) is 33.2. The number of halogens is 2. The SMILES string of the molecule is C.CC(C)(C)OC(=O)OC(=O)OC(C)(C)C.CCC(CC)n1c(=O)[nH]c2ncc(Br)nc21.CCC(CC)n1c(=O)n(C(=O)OC(C)(C)C)c2ncc(Br)nc21. The highest BCUT2D eigenvalue weighted by Crippen LogP contribution is 2.22. The Morgan fingerprint density at radius 2 is 1.09 bits per heavy atom. The van der Waals surface area contributed by atoms with Crippen LogP contribution in [0.25, 0.3) is 22.6 Å². The van der Waals surface area contributed by atoms with Crippen LogP contribution in [0.2, 0.25) is 0 Å². The summed E-state index contributed by atoms with van der Waals surface area (Å²) >= 11 is 6.53. The van der Waals surface area contributed by atoms with Crippen molar-refractivity contribution < 1.29 is 33.3 Å². The molecule has 0 aliphatic heterocycles. The third-order valence-corrected chi connectivity index (χ3v) is 7.84. The molecule has 308 valence electrons. The van der Waals surface area contributed by atoms with Crippen molar-refractivity contribution in [1.29, 1.82) is 0 Å². The van der Waals surface area contributed by atoms with Gasteiger partial charge in [-0.2, -0.15) is 4.57 Å². The third kappa shape index (κ3) is 14.5. The maximum atomic E-state index is 12.8. The highest BCUT2D eigenvalue weighted by Gasteiger charge is 2.28. The molecule has 0 spiro atoms. The molecule has 0 fully saturated rings. The van der Waals surface area contributed by atoms with Crippen LogP contribution in [0.3, 0.4) is 0 Å². The van der Waals surface area contributed by atoms with E-state index in [-0.39, 0.29) is 30.8 Å². The number of rotatable bonds is 6. The maximum absolute atomic E-state index is 12.8. The summed E-state index contributed by atoms with van der Waals surface area (Å²) < 4.78 is 24.4. The maximum Gasteiger partial charge on any atom is 0.519 e. The van der Waals surface area contributed by atoms with Crippen molar-refractivity contribution >= 4 is 72.9 Å². The van der Waals surface area contributed by atoms with Gasteiger partial charge in [0.2, 0.25) is 0 Å². The van der Waals surface area contributed by atoms with Crippen molar-refractivity contribution in [3.8, 4) is 0 Å². The molecule has 0 saturated heterocycles. The fourth-order valence-corrected chi connectivity index (χ4v) is 5.43. The predicted octanol–water partition coefficient (Wildman–Crippen LogP) is 9.25. The smallest absolute Gasteiger partial charge is 0.443 e. The van der Waals surface area contributed by atoms with Gasteiger partial charge in [0, 0.05) is 12.1 Å². The minimum absolute atomic E-state index is 0. The Bertz CT molecular complexity index is 2000. The van der Waals surface area contributed by atoms with Crippen LogP contribution in [0.5, 0.6) is 0 Å². The van der Waals surface area contributed by atoms with Crippen molar-refractivity contribution in [2.45, 2.75) is 152 Å². The summed E-state index contributed by atoms with van der Waals surface area (Å²) in [6.07, 6.45) is 3.47. The van der Waals surface area contributed by atoms with E-state index in [1.807, 2.05) is 13.8 Å². The van der Waals surface area contributed by atoms with Crippen LogP contribution in [0.1, 0.15) is 135 Å². The largest absolute Gasteiger partial charge is 0.519 e. The monoisotopic (exact) mass is 902 g/mol. The molecule has 17 nitrogen and oxygen atoms in total. The molecule has 0 unspecified atom stereocenters. The molecule has 0 saturated carbocycles. The lowest BCUT2D eigenvalue weighted by molar-refractivity contribution is -0.0294. The van der Waals surface area contributed by atoms with E-state index in [0.29, 0.717) is 26.1 Å². The summed E-state index contributed by atoms with van der Waals surface area (Å²) in [5.74, 6) is 0. The second-order valence-electron chi connectivity index (χ2n) is 14.9. The number of fused-ring (bicyclic) bond motifs is 2. The van der Waals surface area contributed by atoms with Gasteiger partial charge < -0.3 is 18.9 Å². The molecule has 0 amide bonds. The second kappa shape index (κ2) is 20.2. The summed E-state index contributed by atoms with van der Waals surface area (Å²) in [7, 11) is 0. The molecule has 4 aromatic heterocycles. The molecule has 55 heavy (non-hydrogen) atoms. The van der Waals surface area contributed by atoms with Gasteiger partial charge >= 0.3 is 29.8 Å². The van der Waals surface area contributed by atoms with Gasteiger partial charge in [-0.15, -0.1) is 0 Å². The van der Waals surface area contributed by atoms with Gasteiger partial charge in [-0.1, -0.05) is 35.1 Å². The van der Waals surface area contributed by atoms with E-state index in [4.69, 9.17) is 14.2 Å². The second-order valence-corrected chi connectivity index (χ2v) is 16.6. The number of carbonyl (C=O) groups excluding carboxylic acids is 3. The highest BCUT2D eigenvalue weighted by molar-refractivity contribution is 9.10. The molecule has 4 heterocycles. The molecule has 0 radical (unpaired) electrons. The van der Waals surface area contributed by atoms with Gasteiger partial charge in [0.15, 0.2) is 22.6 Å². The molecule has 0 atom stereocenters. The van der Waals surface area contributed by atoms with Crippen molar-refractivity contribution in [2.24, 2.45) is 0 Å². The van der Waals surface area contributed by atoms with Crippen molar-refractivity contribution in [3.05, 3.63) is 42.6 Å². The zero-order chi connectivity index (χ0) is 41.3. The van der Waals surface area contributed by atoms with E-state index in [1.165, 1.54) is 10.8 Å². The fraction of sp³-hybridized carbons (Fsp3) is 0.639. The lowest BCUT2D eigenvalue weighted by Gasteiger charge is -2.20. The standard InChI is InChI=1S/C15H21BrN4O3.C10H13BrN4O.C10H18O5.CH4/c1-6-9(7-2)19-12-11(17-8-10(16)18-12)20(13(19)21)14(22)23-15(3,4)5;1-3-6(4-2)15-9-8(14-10(15)16)12-5-7(11)13-9;1-9(2,3)14-7(11)13-8(12)15-10(4,5)6;/h8-9H,6-7H2,1-5H3;5-6H,3-4H2,1-2H3,(H,12,14,16);1-6H3;1H4. The molecule has 0 bridgehead atoms. The first kappa shape index (κ1) is 48.9. The average Bonchev–Trinajstić information content (AvgIpc) is 3.48. The summed E-state index contributed by atoms with van der Waals surface area (Å²) in [4.78, 5) is 78.8. The topological polar surface area (TPSA) is 204 Å². The van der Waals surface area contributed by atoms with Gasteiger partial charge in [0.1, 0.15) is 26.0 Å². The Morgan fingerprint density at radius 1 is 0.673 bits per heavy atom. The minimum Gasteiger partial charge on any atom is -0.443 e. The summed E-state index contributed by atoms with van der Waals surface area (Å²) in [5, 5.41) is 0. The number of nitrogens with one attached hydrogen (secondary N) is 1. The van der Waals surface area contributed by atoms with Gasteiger partial charge in [-0.25, -0.2) is 43.9 Å². The van der Waals surface area contributed by atoms with Crippen molar-refractivity contribution in [3.63, 3.8) is 0 Å². The number of hydrogen-bond donors (Lipinski definition) is 1. The number of aromatic nitrogens is 8. The van der Waals surface area contributed by atoms with Crippen molar-refractivity contribution in [1.82, 2.24) is 38.6 Å². The summed E-state index contributed by atoms with van der Waals surface area (Å²) in [6.45, 7) is 23.4. The Balaban J connectivity index is 0.000000422. The molecular weight excluding hydrogens is 848 g/mol. The number of nitrogens with zero attached hydrogens (tertiary/aromatic N) is 7. The normalized spacial score (nSPS) is 11.7. The molecule has 0 aliphatic carbocycles. The number of H-pyrrole nitrogens is 1. The third-order valence-electron chi connectivity index (χ3n) is 7.08. The summed E-state index contributed by atoms with van der Waals surface area (Å²) in [6, 6.07) is 0.113. The molecule has 4 aromatic rings. The van der Waals surface area contributed by atoms with Crippen LogP contribution in [0, 0.1) is 0 Å². The van der Waals surface area contributed by atoms with E-state index in [0.717, 1.165) is 30.3 Å². The van der Waals surface area contributed by atoms with Crippen LogP contribution in [0.15, 0.2) is 31.2 Å². The molecule has 19 heteroatoms. The van der Waals surface area contributed by atoms with E-state index < -0.39 is 40.9 Å². The first-order valence-electron chi connectivity index (χ1n) is 17.5. The lowest BCUT2D eigenvalue weighted by atomic mass is 10.2. The van der Waals surface area contributed by atoms with Gasteiger partial charge in [-0.3, -0.25) is 14.1 Å². The van der Waals surface area contributed by atoms with E-state index in [2.05, 4.69) is 75.4 Å². The van der Waals surface area contributed by atoms with Crippen LogP contribution >= 0.6 is 31.9 Å². The Kier molecular flexibility index (Phi) is 17.9. The van der Waals surface area contributed by atoms with Crippen LogP contribution in [-0.4, -0.2) is 73.8 Å². The molecular formula is C36H56Br2N8O9. The number of aromatic amines is 1. The average molecular weight is 905 g/mol. The van der Waals surface area contributed by atoms with E-state index >= 15 is 0 Å². The highest BCUT2D eigenvalue weighted by atomic mass is 79.9. The Labute approximate surface area is 338 Å². The number of hydrogen-bond acceptors (Lipinski definition) is 13. The van der Waals surface area contributed by atoms with Gasteiger partial charge in [-0.05, 0) is 120 Å². The number of ether oxygens (including phenoxy) is 4. The van der Waals surface area contributed by atoms with Crippen LogP contribution in [0.4, 0.5) is 14.4 Å². The van der Waals surface area contributed by atoms with E-state index in [1.54, 1.807) is 73.1 Å². The predicted molar refractivity (Wildman–Crippen MR) is 216 cm³/mol. The fourth-order valence-electron chi connectivity index (χ4n) is 4.89. The van der Waals surface area contributed by atoms with Crippen LogP contribution < -0.4 is 11.4 Å². The minimum atomic E-state index is -1.06. The first-order valence-corrected chi connectivity index (χ1v) is 19.1. The first-order chi connectivity index (χ1) is 24.9.